The van der Waals surface area contributed by atoms with Crippen LogP contribution in [0.25, 0.3) is 0 Å². The molecule has 2 amide bonds. The Bertz CT molecular complexity index is 716. The first-order chi connectivity index (χ1) is 9.90. The number of nitrogens with two attached hydrogens (primary N) is 1. The maximum absolute atomic E-state index is 11.9. The zero-order valence-corrected chi connectivity index (χ0v) is 11.0. The molecule has 0 aliphatic carbocycles. The van der Waals surface area contributed by atoms with Crippen molar-refractivity contribution >= 4 is 23.5 Å². The minimum atomic E-state index is -1.19. The number of primary amides is 1. The van der Waals surface area contributed by atoms with Crippen LogP contribution in [0.3, 0.4) is 0 Å². The first-order valence-electron chi connectivity index (χ1n) is 5.77. The summed E-state index contributed by atoms with van der Waals surface area (Å²) < 4.78 is 2.26. The van der Waals surface area contributed by atoms with E-state index in [1.165, 1.54) is 30.2 Å². The summed E-state index contributed by atoms with van der Waals surface area (Å²) in [6, 6.07) is 1.27. The van der Waals surface area contributed by atoms with E-state index in [4.69, 9.17) is 10.8 Å². The molecule has 0 aliphatic heterocycles. The maximum atomic E-state index is 11.9. The SMILES string of the molecule is Cn1ncc(NC(=O)Cn2nccc2C(=O)O)c1C(N)=O. The molecule has 21 heavy (non-hydrogen) atoms. The predicted octanol–water partition coefficient (Wildman–Crippen LogP) is -0.948. The highest BCUT2D eigenvalue weighted by Crippen LogP contribution is 2.13. The summed E-state index contributed by atoms with van der Waals surface area (Å²) in [4.78, 5) is 34.0. The number of aryl methyl sites for hydroxylation is 1. The van der Waals surface area contributed by atoms with E-state index in [2.05, 4.69) is 15.5 Å². The van der Waals surface area contributed by atoms with Crippen molar-refractivity contribution in [1.82, 2.24) is 19.6 Å². The summed E-state index contributed by atoms with van der Waals surface area (Å²) in [6.07, 6.45) is 2.55. The molecule has 2 aromatic heterocycles. The summed E-state index contributed by atoms with van der Waals surface area (Å²) >= 11 is 0. The van der Waals surface area contributed by atoms with Crippen LogP contribution in [0.4, 0.5) is 5.69 Å². The van der Waals surface area contributed by atoms with Crippen LogP contribution in [0.5, 0.6) is 0 Å². The third kappa shape index (κ3) is 2.88. The second-order valence-electron chi connectivity index (χ2n) is 4.12. The molecule has 0 saturated heterocycles. The van der Waals surface area contributed by atoms with E-state index in [1.54, 1.807) is 0 Å². The van der Waals surface area contributed by atoms with E-state index in [1.807, 2.05) is 0 Å². The minimum Gasteiger partial charge on any atom is -0.477 e. The van der Waals surface area contributed by atoms with Crippen LogP contribution in [0.15, 0.2) is 18.5 Å². The van der Waals surface area contributed by atoms with Gasteiger partial charge in [0.25, 0.3) is 5.91 Å². The normalized spacial score (nSPS) is 10.3. The fourth-order valence-corrected chi connectivity index (χ4v) is 1.79. The van der Waals surface area contributed by atoms with Gasteiger partial charge in [0, 0.05) is 13.2 Å². The zero-order valence-electron chi connectivity index (χ0n) is 11.0. The maximum Gasteiger partial charge on any atom is 0.354 e. The number of hydrogen-bond acceptors (Lipinski definition) is 5. The van der Waals surface area contributed by atoms with E-state index in [-0.39, 0.29) is 23.6 Å². The van der Waals surface area contributed by atoms with Gasteiger partial charge in [-0.2, -0.15) is 10.2 Å². The molecule has 0 fully saturated rings. The lowest BCUT2D eigenvalue weighted by atomic mass is 10.3. The minimum absolute atomic E-state index is 0.0438. The lowest BCUT2D eigenvalue weighted by Gasteiger charge is -2.06. The summed E-state index contributed by atoms with van der Waals surface area (Å²) in [7, 11) is 1.51. The number of hydrogen-bond donors (Lipinski definition) is 3. The highest BCUT2D eigenvalue weighted by atomic mass is 16.4. The van der Waals surface area contributed by atoms with E-state index in [0.717, 1.165) is 4.68 Å². The first kappa shape index (κ1) is 14.2. The van der Waals surface area contributed by atoms with Gasteiger partial charge in [-0.1, -0.05) is 0 Å². The Morgan fingerprint density at radius 1 is 1.38 bits per heavy atom. The third-order valence-corrected chi connectivity index (χ3v) is 2.68. The highest BCUT2D eigenvalue weighted by Gasteiger charge is 2.18. The molecule has 0 bridgehead atoms. The molecule has 0 saturated carbocycles. The average molecular weight is 292 g/mol. The van der Waals surface area contributed by atoms with E-state index >= 15 is 0 Å². The number of aromatic nitrogens is 4. The Kier molecular flexibility index (Phi) is 3.69. The van der Waals surface area contributed by atoms with Gasteiger partial charge >= 0.3 is 5.97 Å². The molecule has 0 radical (unpaired) electrons. The Hall–Kier alpha value is -3.17. The van der Waals surface area contributed by atoms with Crippen molar-refractivity contribution in [2.45, 2.75) is 6.54 Å². The summed E-state index contributed by atoms with van der Waals surface area (Å²) in [5, 5.41) is 18.9. The van der Waals surface area contributed by atoms with Crippen LogP contribution in [0.2, 0.25) is 0 Å². The molecule has 110 valence electrons. The largest absolute Gasteiger partial charge is 0.477 e. The molecule has 0 atom stereocenters. The van der Waals surface area contributed by atoms with Crippen molar-refractivity contribution in [2.75, 3.05) is 5.32 Å². The highest BCUT2D eigenvalue weighted by molar-refractivity contribution is 6.01. The lowest BCUT2D eigenvalue weighted by molar-refractivity contribution is -0.116. The number of carboxylic acid groups (broad SMARTS) is 1. The van der Waals surface area contributed by atoms with Crippen molar-refractivity contribution in [3.63, 3.8) is 0 Å². The Morgan fingerprint density at radius 3 is 2.71 bits per heavy atom. The average Bonchev–Trinajstić information content (AvgIpc) is 2.96. The number of aromatic carboxylic acids is 1. The van der Waals surface area contributed by atoms with Gasteiger partial charge in [-0.15, -0.1) is 0 Å². The van der Waals surface area contributed by atoms with Crippen LogP contribution < -0.4 is 11.1 Å². The number of carboxylic acids is 1. The number of carbonyl (C=O) groups is 3. The van der Waals surface area contributed by atoms with Crippen molar-refractivity contribution < 1.29 is 19.5 Å². The fourth-order valence-electron chi connectivity index (χ4n) is 1.79. The fraction of sp³-hybridized carbons (Fsp3) is 0.182. The van der Waals surface area contributed by atoms with Crippen molar-refractivity contribution in [1.29, 1.82) is 0 Å². The number of anilines is 1. The van der Waals surface area contributed by atoms with Gasteiger partial charge in [0.15, 0.2) is 0 Å². The van der Waals surface area contributed by atoms with Crippen LogP contribution >= 0.6 is 0 Å². The van der Waals surface area contributed by atoms with E-state index in [0.29, 0.717) is 0 Å². The monoisotopic (exact) mass is 292 g/mol. The second kappa shape index (κ2) is 5.45. The topological polar surface area (TPSA) is 145 Å². The van der Waals surface area contributed by atoms with E-state index < -0.39 is 17.8 Å². The van der Waals surface area contributed by atoms with Crippen molar-refractivity contribution in [2.24, 2.45) is 12.8 Å². The van der Waals surface area contributed by atoms with Crippen molar-refractivity contribution in [3.8, 4) is 0 Å². The van der Waals surface area contributed by atoms with Gasteiger partial charge < -0.3 is 16.2 Å². The molecular weight excluding hydrogens is 280 g/mol. The summed E-state index contributed by atoms with van der Waals surface area (Å²) in [6.45, 7) is -0.318. The Balaban J connectivity index is 2.14. The molecule has 10 heteroatoms. The molecule has 2 heterocycles. The predicted molar refractivity (Wildman–Crippen MR) is 69.5 cm³/mol. The lowest BCUT2D eigenvalue weighted by Crippen LogP contribution is -2.24. The smallest absolute Gasteiger partial charge is 0.354 e. The van der Waals surface area contributed by atoms with Gasteiger partial charge in [0.05, 0.1) is 11.9 Å². The molecule has 0 spiro atoms. The van der Waals surface area contributed by atoms with Crippen LogP contribution in [-0.4, -0.2) is 42.5 Å². The number of carbonyl (C=O) groups excluding carboxylic acids is 2. The van der Waals surface area contributed by atoms with Crippen LogP contribution in [0.1, 0.15) is 21.0 Å². The molecule has 2 rings (SSSR count). The van der Waals surface area contributed by atoms with Gasteiger partial charge in [0.1, 0.15) is 17.9 Å². The number of rotatable bonds is 5. The zero-order chi connectivity index (χ0) is 15.6. The van der Waals surface area contributed by atoms with Crippen LogP contribution in [0, 0.1) is 0 Å². The second-order valence-corrected chi connectivity index (χ2v) is 4.12. The van der Waals surface area contributed by atoms with Crippen LogP contribution in [-0.2, 0) is 18.4 Å². The summed E-state index contributed by atoms with van der Waals surface area (Å²) in [5.74, 6) is -2.49. The molecule has 10 nitrogen and oxygen atoms in total. The Morgan fingerprint density at radius 2 is 2.10 bits per heavy atom. The van der Waals surface area contributed by atoms with Gasteiger partial charge in [-0.25, -0.2) is 9.48 Å². The van der Waals surface area contributed by atoms with Gasteiger partial charge in [-0.05, 0) is 6.07 Å². The summed E-state index contributed by atoms with van der Waals surface area (Å²) in [5.41, 5.74) is 5.27. The van der Waals surface area contributed by atoms with Crippen molar-refractivity contribution in [3.05, 3.63) is 29.8 Å². The van der Waals surface area contributed by atoms with E-state index in [9.17, 15) is 14.4 Å². The molecule has 0 aromatic carbocycles. The van der Waals surface area contributed by atoms with Gasteiger partial charge in [-0.3, -0.25) is 14.3 Å². The molecule has 0 unspecified atom stereocenters. The number of nitrogens with zero attached hydrogens (tertiary/aromatic N) is 4. The standard InChI is InChI=1S/C11H12N6O4/c1-16-9(10(12)19)6(4-14-16)15-8(18)5-17-7(11(20)21)2-3-13-17/h2-4H,5H2,1H3,(H2,12,19)(H,15,18)(H,20,21). The molecular formula is C11H12N6O4. The molecule has 0 aliphatic rings. The number of nitrogens with one attached hydrogen (secondary N) is 1. The quantitative estimate of drug-likeness (QED) is 0.648. The van der Waals surface area contributed by atoms with Gasteiger partial charge in [0.2, 0.25) is 5.91 Å². The molecule has 4 N–H and O–H groups in total. The Labute approximate surface area is 118 Å². The first-order valence-corrected chi connectivity index (χ1v) is 5.77. The molecule has 2 aromatic rings. The third-order valence-electron chi connectivity index (χ3n) is 2.68. The number of amides is 2.